The number of carbonyl (C=O) groups is 4. The molecule has 0 bridgehead atoms. The summed E-state index contributed by atoms with van der Waals surface area (Å²) in [5.41, 5.74) is 3.27. The van der Waals surface area contributed by atoms with Gasteiger partial charge in [-0.05, 0) is 84.2 Å². The van der Waals surface area contributed by atoms with Gasteiger partial charge in [-0.15, -0.1) is 0 Å². The van der Waals surface area contributed by atoms with Gasteiger partial charge in [0.1, 0.15) is 0 Å². The Morgan fingerprint density at radius 3 is 2.47 bits per heavy atom. The number of ketones is 2. The third kappa shape index (κ3) is 3.53. The summed E-state index contributed by atoms with van der Waals surface area (Å²) in [7, 11) is 1.46. The normalized spacial score (nSPS) is 26.6. The predicted molar refractivity (Wildman–Crippen MR) is 148 cm³/mol. The molecule has 2 aromatic rings. The summed E-state index contributed by atoms with van der Waals surface area (Å²) >= 11 is 2.01. The molecule has 1 N–H and O–H groups in total. The van der Waals surface area contributed by atoms with Crippen LogP contribution in [0.15, 0.2) is 76.9 Å². The topological polar surface area (TPSA) is 101 Å². The van der Waals surface area contributed by atoms with Crippen LogP contribution in [0.4, 0.5) is 5.69 Å². The van der Waals surface area contributed by atoms with Crippen molar-refractivity contribution in [2.75, 3.05) is 12.0 Å². The minimum absolute atomic E-state index is 0.00621. The van der Waals surface area contributed by atoms with Gasteiger partial charge in [0.05, 0.1) is 28.2 Å². The molecule has 8 heteroatoms. The molecule has 6 rings (SSSR count). The van der Waals surface area contributed by atoms with E-state index in [9.17, 15) is 24.3 Å². The number of ether oxygens (including phenoxy) is 1. The Balaban J connectivity index is 1.52. The van der Waals surface area contributed by atoms with Gasteiger partial charge in [-0.2, -0.15) is 0 Å². The molecule has 0 radical (unpaired) electrons. The van der Waals surface area contributed by atoms with Crippen molar-refractivity contribution in [1.82, 2.24) is 0 Å². The highest BCUT2D eigenvalue weighted by atomic mass is 127. The number of allylic oxidation sites excluding steroid dienone is 6. The second kappa shape index (κ2) is 9.04. The number of nitrogens with zero attached hydrogens (tertiary/aromatic N) is 1. The molecule has 1 heterocycles. The summed E-state index contributed by atoms with van der Waals surface area (Å²) in [5, 5.41) is 10.5. The number of halogens is 1. The van der Waals surface area contributed by atoms with Crippen LogP contribution in [0.5, 0.6) is 11.5 Å². The third-order valence-corrected chi connectivity index (χ3v) is 9.01. The van der Waals surface area contributed by atoms with Gasteiger partial charge in [-0.3, -0.25) is 24.1 Å². The number of anilines is 1. The second-order valence-electron chi connectivity index (χ2n) is 10.1. The van der Waals surface area contributed by atoms with Gasteiger partial charge in [-0.25, -0.2) is 0 Å². The lowest BCUT2D eigenvalue weighted by atomic mass is 9.59. The summed E-state index contributed by atoms with van der Waals surface area (Å²) in [6.07, 6.45) is 3.94. The number of phenols is 1. The van der Waals surface area contributed by atoms with Gasteiger partial charge in [-0.1, -0.05) is 29.8 Å². The van der Waals surface area contributed by atoms with Crippen molar-refractivity contribution in [2.24, 2.45) is 17.8 Å². The molecule has 4 aliphatic rings. The SMILES string of the molecule is COc1cc(C2C3=CCC4C(=O)N(c5ccccc5)C(=O)C4C3CC3=C2C(=O)C(C)=CC3=O)cc(I)c1O. The van der Waals surface area contributed by atoms with E-state index in [1.165, 1.54) is 18.1 Å². The fourth-order valence-electron chi connectivity index (χ4n) is 6.49. The molecule has 7 nitrogen and oxygen atoms in total. The van der Waals surface area contributed by atoms with E-state index in [1.807, 2.05) is 34.7 Å². The number of rotatable bonds is 3. The van der Waals surface area contributed by atoms with Gasteiger partial charge in [0.15, 0.2) is 23.1 Å². The lowest BCUT2D eigenvalue weighted by molar-refractivity contribution is -0.123. The predicted octanol–water partition coefficient (Wildman–Crippen LogP) is 4.64. The first kappa shape index (κ1) is 24.8. The summed E-state index contributed by atoms with van der Waals surface area (Å²) < 4.78 is 5.94. The van der Waals surface area contributed by atoms with Crippen molar-refractivity contribution >= 4 is 51.7 Å². The van der Waals surface area contributed by atoms with E-state index in [4.69, 9.17) is 4.74 Å². The Hall–Kier alpha value is -3.53. The first-order valence-electron chi connectivity index (χ1n) is 12.4. The summed E-state index contributed by atoms with van der Waals surface area (Å²) in [4.78, 5) is 55.4. The van der Waals surface area contributed by atoms with E-state index in [0.717, 1.165) is 5.57 Å². The van der Waals surface area contributed by atoms with E-state index >= 15 is 0 Å². The van der Waals surface area contributed by atoms with Crippen LogP contribution < -0.4 is 9.64 Å². The lowest BCUT2D eigenvalue weighted by Gasteiger charge is -2.42. The maximum absolute atomic E-state index is 13.8. The van der Waals surface area contributed by atoms with Crippen molar-refractivity contribution in [1.29, 1.82) is 0 Å². The second-order valence-corrected chi connectivity index (χ2v) is 11.3. The minimum atomic E-state index is -0.632. The van der Waals surface area contributed by atoms with Gasteiger partial charge in [0.2, 0.25) is 11.8 Å². The molecule has 38 heavy (non-hydrogen) atoms. The van der Waals surface area contributed by atoms with Crippen LogP contribution in [0.25, 0.3) is 0 Å². The van der Waals surface area contributed by atoms with Crippen LogP contribution in [-0.2, 0) is 19.2 Å². The number of phenolic OH excluding ortho intramolecular Hbond substituents is 1. The average molecular weight is 621 g/mol. The van der Waals surface area contributed by atoms with E-state index in [-0.39, 0.29) is 41.3 Å². The number of imide groups is 1. The first-order valence-corrected chi connectivity index (χ1v) is 13.5. The van der Waals surface area contributed by atoms with Crippen LogP contribution >= 0.6 is 22.6 Å². The van der Waals surface area contributed by atoms with Crippen molar-refractivity contribution in [2.45, 2.75) is 25.7 Å². The van der Waals surface area contributed by atoms with Gasteiger partial charge in [0, 0.05) is 22.6 Å². The van der Waals surface area contributed by atoms with Crippen LogP contribution in [0.1, 0.15) is 31.2 Å². The number of benzene rings is 2. The quantitative estimate of drug-likeness (QED) is 0.232. The zero-order valence-corrected chi connectivity index (χ0v) is 22.9. The van der Waals surface area contributed by atoms with Crippen molar-refractivity contribution in [3.63, 3.8) is 0 Å². The summed E-state index contributed by atoms with van der Waals surface area (Å²) in [6.45, 7) is 1.64. The number of fused-ring (bicyclic) bond motifs is 3. The average Bonchev–Trinajstić information content (AvgIpc) is 3.17. The Morgan fingerprint density at radius 1 is 1.03 bits per heavy atom. The van der Waals surface area contributed by atoms with Crippen LogP contribution in [-0.4, -0.2) is 35.6 Å². The zero-order valence-electron chi connectivity index (χ0n) is 20.7. The number of amides is 2. The van der Waals surface area contributed by atoms with Crippen LogP contribution in [0.3, 0.4) is 0 Å². The molecule has 0 aromatic heterocycles. The number of methoxy groups -OCH3 is 1. The third-order valence-electron chi connectivity index (χ3n) is 8.18. The van der Waals surface area contributed by atoms with Crippen LogP contribution in [0.2, 0.25) is 0 Å². The molecule has 192 valence electrons. The highest BCUT2D eigenvalue weighted by Gasteiger charge is 2.56. The number of para-hydroxylation sites is 1. The van der Waals surface area contributed by atoms with E-state index in [0.29, 0.717) is 38.0 Å². The number of hydrogen-bond donors (Lipinski definition) is 1. The zero-order chi connectivity index (χ0) is 26.9. The highest BCUT2D eigenvalue weighted by molar-refractivity contribution is 14.1. The number of aromatic hydroxyl groups is 1. The molecule has 4 unspecified atom stereocenters. The van der Waals surface area contributed by atoms with Crippen LogP contribution in [0, 0.1) is 21.3 Å². The summed E-state index contributed by atoms with van der Waals surface area (Å²) in [6, 6.07) is 12.4. The molecular formula is C30H24INO6. The molecule has 1 fully saturated rings. The Kier molecular flexibility index (Phi) is 5.90. The molecule has 2 amide bonds. The maximum Gasteiger partial charge on any atom is 0.238 e. The Bertz CT molecular complexity index is 1540. The fraction of sp³-hybridized carbons (Fsp3) is 0.267. The lowest BCUT2D eigenvalue weighted by Crippen LogP contribution is -2.39. The minimum Gasteiger partial charge on any atom is -0.504 e. The molecule has 2 aromatic carbocycles. The monoisotopic (exact) mass is 621 g/mol. The van der Waals surface area contributed by atoms with E-state index in [2.05, 4.69) is 0 Å². The molecule has 4 atom stereocenters. The number of carbonyl (C=O) groups excluding carboxylic acids is 4. The van der Waals surface area contributed by atoms with Crippen molar-refractivity contribution < 1.29 is 29.0 Å². The van der Waals surface area contributed by atoms with Crippen molar-refractivity contribution in [3.8, 4) is 11.5 Å². The molecule has 3 aliphatic carbocycles. The molecule has 1 aliphatic heterocycles. The van der Waals surface area contributed by atoms with E-state index < -0.39 is 23.7 Å². The van der Waals surface area contributed by atoms with Gasteiger partial charge in [0.25, 0.3) is 0 Å². The largest absolute Gasteiger partial charge is 0.504 e. The van der Waals surface area contributed by atoms with E-state index in [1.54, 1.807) is 43.3 Å². The van der Waals surface area contributed by atoms with Crippen molar-refractivity contribution in [3.05, 3.63) is 86.0 Å². The summed E-state index contributed by atoms with van der Waals surface area (Å²) in [5.74, 6) is -2.86. The maximum atomic E-state index is 13.8. The molecule has 0 saturated carbocycles. The van der Waals surface area contributed by atoms with Gasteiger partial charge >= 0.3 is 0 Å². The number of hydrogen-bond acceptors (Lipinski definition) is 6. The number of Topliss-reactive ketones (excluding diaryl/α,β-unsaturated/α-hetero) is 1. The standard InChI is InChI=1S/C30H24INO6/c1-14-10-22(33)20-13-19-17(24(26(20)27(14)34)15-11-21(31)28(35)23(12-15)38-2)8-9-18-25(19)30(37)32(29(18)36)16-6-4-3-5-7-16/h3-8,10-12,18-19,24-25,35H,9,13H2,1-2H3. The first-order chi connectivity index (χ1) is 18.2. The van der Waals surface area contributed by atoms with Gasteiger partial charge < -0.3 is 9.84 Å². The Morgan fingerprint density at radius 2 is 1.76 bits per heavy atom. The highest BCUT2D eigenvalue weighted by Crippen LogP contribution is 2.56. The molecular weight excluding hydrogens is 597 g/mol. The Labute approximate surface area is 233 Å². The molecule has 0 spiro atoms. The fourth-order valence-corrected chi connectivity index (χ4v) is 7.11. The molecule has 1 saturated heterocycles. The smallest absolute Gasteiger partial charge is 0.238 e.